The van der Waals surface area contributed by atoms with E-state index in [0.717, 1.165) is 19.5 Å². The summed E-state index contributed by atoms with van der Waals surface area (Å²) in [6.45, 7) is 2.22. The molecule has 20 heavy (non-hydrogen) atoms. The summed E-state index contributed by atoms with van der Waals surface area (Å²) in [6, 6.07) is 1.90. The molecule has 1 heterocycles. The first kappa shape index (κ1) is 16.5. The van der Waals surface area contributed by atoms with Gasteiger partial charge in [0, 0.05) is 45.3 Å². The van der Waals surface area contributed by atoms with Gasteiger partial charge in [0.2, 0.25) is 0 Å². The zero-order valence-electron chi connectivity index (χ0n) is 12.0. The maximum atomic E-state index is 11.0. The summed E-state index contributed by atoms with van der Waals surface area (Å²) >= 11 is 0. The molecule has 0 saturated carbocycles. The van der Waals surface area contributed by atoms with Crippen molar-refractivity contribution in [3.05, 3.63) is 18.5 Å². The molecule has 1 rings (SSSR count). The minimum atomic E-state index is -2.88. The zero-order chi connectivity index (χ0) is 14.8. The van der Waals surface area contributed by atoms with Crippen LogP contribution in [0.5, 0.6) is 0 Å². The Morgan fingerprint density at radius 2 is 2.00 bits per heavy atom. The number of guanidine groups is 1. The minimum Gasteiger partial charge on any atom is -0.356 e. The van der Waals surface area contributed by atoms with Crippen LogP contribution in [0.2, 0.25) is 0 Å². The van der Waals surface area contributed by atoms with Crippen LogP contribution in [-0.4, -0.2) is 56.3 Å². The van der Waals surface area contributed by atoms with E-state index >= 15 is 0 Å². The Balaban J connectivity index is 2.10. The summed E-state index contributed by atoms with van der Waals surface area (Å²) < 4.78 is 23.9. The summed E-state index contributed by atoms with van der Waals surface area (Å²) in [6.07, 6.45) is 6.45. The fourth-order valence-electron chi connectivity index (χ4n) is 1.64. The Labute approximate surface area is 120 Å². The van der Waals surface area contributed by atoms with Crippen molar-refractivity contribution in [1.82, 2.24) is 20.4 Å². The van der Waals surface area contributed by atoms with E-state index < -0.39 is 9.84 Å². The van der Waals surface area contributed by atoms with Crippen molar-refractivity contribution in [2.24, 2.45) is 4.99 Å². The summed E-state index contributed by atoms with van der Waals surface area (Å²) in [4.78, 5) is 4.08. The maximum Gasteiger partial charge on any atom is 0.190 e. The molecule has 0 amide bonds. The topological polar surface area (TPSA) is 88.4 Å². The molecule has 0 atom stereocenters. The third-order valence-electron chi connectivity index (χ3n) is 2.62. The fourth-order valence-corrected chi connectivity index (χ4v) is 2.31. The van der Waals surface area contributed by atoms with E-state index in [9.17, 15) is 8.42 Å². The zero-order valence-corrected chi connectivity index (χ0v) is 12.9. The van der Waals surface area contributed by atoms with Gasteiger partial charge in [-0.15, -0.1) is 0 Å². The molecule has 0 unspecified atom stereocenters. The van der Waals surface area contributed by atoms with Crippen LogP contribution in [-0.2, 0) is 16.4 Å². The minimum absolute atomic E-state index is 0.191. The smallest absolute Gasteiger partial charge is 0.190 e. The van der Waals surface area contributed by atoms with Crippen molar-refractivity contribution in [2.45, 2.75) is 19.4 Å². The Morgan fingerprint density at radius 3 is 2.55 bits per heavy atom. The lowest BCUT2D eigenvalue weighted by molar-refractivity contribution is 0.570. The average Bonchev–Trinajstić information content (AvgIpc) is 2.88. The van der Waals surface area contributed by atoms with E-state index in [2.05, 4.69) is 20.7 Å². The van der Waals surface area contributed by atoms with Gasteiger partial charge in [-0.05, 0) is 18.9 Å². The largest absolute Gasteiger partial charge is 0.356 e. The van der Waals surface area contributed by atoms with Gasteiger partial charge in [0.15, 0.2) is 5.96 Å². The number of aliphatic imine (C=N–C) groups is 1. The molecule has 0 saturated heterocycles. The highest BCUT2D eigenvalue weighted by Crippen LogP contribution is 1.89. The first-order chi connectivity index (χ1) is 9.51. The lowest BCUT2D eigenvalue weighted by Crippen LogP contribution is -2.38. The average molecular weight is 301 g/mol. The predicted octanol–water partition coefficient (Wildman–Crippen LogP) is -0.127. The number of hydrogen-bond donors (Lipinski definition) is 2. The van der Waals surface area contributed by atoms with Gasteiger partial charge in [-0.3, -0.25) is 9.67 Å². The van der Waals surface area contributed by atoms with Crippen LogP contribution in [0, 0.1) is 0 Å². The van der Waals surface area contributed by atoms with Crippen LogP contribution in [0.15, 0.2) is 23.5 Å². The predicted molar refractivity (Wildman–Crippen MR) is 80.5 cm³/mol. The van der Waals surface area contributed by atoms with E-state index in [-0.39, 0.29) is 5.75 Å². The van der Waals surface area contributed by atoms with Gasteiger partial charge in [0.1, 0.15) is 9.84 Å². The van der Waals surface area contributed by atoms with Crippen molar-refractivity contribution >= 4 is 15.8 Å². The second kappa shape index (κ2) is 8.57. The van der Waals surface area contributed by atoms with Gasteiger partial charge < -0.3 is 10.6 Å². The van der Waals surface area contributed by atoms with Gasteiger partial charge in [0.25, 0.3) is 0 Å². The van der Waals surface area contributed by atoms with Crippen molar-refractivity contribution < 1.29 is 8.42 Å². The third-order valence-corrected chi connectivity index (χ3v) is 3.65. The van der Waals surface area contributed by atoms with E-state index in [4.69, 9.17) is 0 Å². The normalized spacial score (nSPS) is 12.4. The van der Waals surface area contributed by atoms with Crippen molar-refractivity contribution in [3.8, 4) is 0 Å². The highest BCUT2D eigenvalue weighted by molar-refractivity contribution is 7.90. The molecule has 0 aromatic carbocycles. The van der Waals surface area contributed by atoms with Crippen LogP contribution >= 0.6 is 0 Å². The van der Waals surface area contributed by atoms with Crippen LogP contribution in [0.4, 0.5) is 0 Å². The lowest BCUT2D eigenvalue weighted by atomic mass is 10.4. The number of hydrogen-bond acceptors (Lipinski definition) is 4. The third kappa shape index (κ3) is 7.78. The molecule has 0 fully saturated rings. The standard InChI is InChI=1S/C12H23N5O2S/c1-13-12(15-7-5-11-20(2,18)19)14-6-3-9-17-10-4-8-16-17/h4,8,10H,3,5-7,9,11H2,1-2H3,(H2,13,14,15). The Morgan fingerprint density at radius 1 is 1.30 bits per heavy atom. The van der Waals surface area contributed by atoms with Crippen molar-refractivity contribution in [3.63, 3.8) is 0 Å². The fraction of sp³-hybridized carbons (Fsp3) is 0.667. The number of sulfone groups is 1. The Kier molecular flexibility index (Phi) is 7.06. The van der Waals surface area contributed by atoms with Crippen LogP contribution in [0.1, 0.15) is 12.8 Å². The molecule has 0 aliphatic rings. The summed E-state index contributed by atoms with van der Waals surface area (Å²) in [5, 5.41) is 10.4. The first-order valence-electron chi connectivity index (χ1n) is 6.61. The van der Waals surface area contributed by atoms with Gasteiger partial charge in [-0.1, -0.05) is 0 Å². The number of nitrogens with one attached hydrogen (secondary N) is 2. The second-order valence-electron chi connectivity index (χ2n) is 4.53. The molecule has 7 nitrogen and oxygen atoms in total. The van der Waals surface area contributed by atoms with E-state index in [1.165, 1.54) is 6.26 Å². The number of nitrogens with zero attached hydrogens (tertiary/aromatic N) is 3. The van der Waals surface area contributed by atoms with Gasteiger partial charge in [-0.25, -0.2) is 8.42 Å². The number of rotatable bonds is 8. The number of aromatic nitrogens is 2. The SMILES string of the molecule is CN=C(NCCCn1cccn1)NCCCS(C)(=O)=O. The molecule has 1 aromatic heterocycles. The molecule has 0 aliphatic heterocycles. The first-order valence-corrected chi connectivity index (χ1v) is 8.67. The second-order valence-corrected chi connectivity index (χ2v) is 6.79. The molecule has 0 radical (unpaired) electrons. The van der Waals surface area contributed by atoms with Crippen LogP contribution in [0.25, 0.3) is 0 Å². The van der Waals surface area contributed by atoms with Crippen molar-refractivity contribution in [1.29, 1.82) is 0 Å². The molecule has 8 heteroatoms. The van der Waals surface area contributed by atoms with Gasteiger partial charge >= 0.3 is 0 Å². The van der Waals surface area contributed by atoms with Crippen LogP contribution < -0.4 is 10.6 Å². The van der Waals surface area contributed by atoms with Gasteiger partial charge in [-0.2, -0.15) is 5.10 Å². The molecule has 2 N–H and O–H groups in total. The van der Waals surface area contributed by atoms with E-state index in [1.807, 2.05) is 16.9 Å². The maximum absolute atomic E-state index is 11.0. The lowest BCUT2D eigenvalue weighted by Gasteiger charge is -2.11. The number of aryl methyl sites for hydroxylation is 1. The van der Waals surface area contributed by atoms with Gasteiger partial charge in [0.05, 0.1) is 5.75 Å². The highest BCUT2D eigenvalue weighted by atomic mass is 32.2. The molecular weight excluding hydrogens is 278 g/mol. The molecule has 1 aromatic rings. The highest BCUT2D eigenvalue weighted by Gasteiger charge is 2.02. The van der Waals surface area contributed by atoms with E-state index in [1.54, 1.807) is 13.2 Å². The Bertz CT molecular complexity index is 496. The monoisotopic (exact) mass is 301 g/mol. The summed E-state index contributed by atoms with van der Waals surface area (Å²) in [5.74, 6) is 0.884. The van der Waals surface area contributed by atoms with Crippen molar-refractivity contribution in [2.75, 3.05) is 32.1 Å². The molecule has 0 aliphatic carbocycles. The summed E-state index contributed by atoms with van der Waals surface area (Å²) in [7, 11) is -1.19. The molecular formula is C12H23N5O2S. The Hall–Kier alpha value is -1.57. The molecule has 0 spiro atoms. The summed E-state index contributed by atoms with van der Waals surface area (Å²) in [5.41, 5.74) is 0. The van der Waals surface area contributed by atoms with E-state index in [0.29, 0.717) is 18.9 Å². The quantitative estimate of drug-likeness (QED) is 0.397. The molecule has 0 bridgehead atoms. The van der Waals surface area contributed by atoms with Crippen LogP contribution in [0.3, 0.4) is 0 Å². The molecule has 114 valence electrons.